The topological polar surface area (TPSA) is 75.7 Å². The molecule has 2 aromatic rings. The second-order valence-corrected chi connectivity index (χ2v) is 7.55. The molecular formula is C24H28N2O4. The summed E-state index contributed by atoms with van der Waals surface area (Å²) in [6, 6.07) is 17.4. The lowest BCUT2D eigenvalue weighted by molar-refractivity contribution is -0.152. The summed E-state index contributed by atoms with van der Waals surface area (Å²) < 4.78 is 5.14. The molecule has 0 bridgehead atoms. The number of esters is 1. The number of ether oxygens (including phenoxy) is 1. The molecule has 0 aliphatic carbocycles. The highest BCUT2D eigenvalue weighted by atomic mass is 16.5. The van der Waals surface area contributed by atoms with E-state index in [2.05, 4.69) is 12.2 Å². The zero-order chi connectivity index (χ0) is 21.3. The Labute approximate surface area is 177 Å². The van der Waals surface area contributed by atoms with E-state index in [1.165, 1.54) is 5.56 Å². The van der Waals surface area contributed by atoms with Crippen LogP contribution < -0.4 is 10.2 Å². The van der Waals surface area contributed by atoms with Crippen molar-refractivity contribution in [1.82, 2.24) is 5.32 Å². The highest BCUT2D eigenvalue weighted by Crippen LogP contribution is 2.26. The molecule has 1 atom stereocenters. The third-order valence-electron chi connectivity index (χ3n) is 5.20. The van der Waals surface area contributed by atoms with E-state index in [1.807, 2.05) is 54.6 Å². The molecule has 0 aromatic heterocycles. The van der Waals surface area contributed by atoms with Gasteiger partial charge < -0.3 is 15.0 Å². The number of benzene rings is 2. The van der Waals surface area contributed by atoms with Crippen LogP contribution in [0, 0.1) is 5.92 Å². The highest BCUT2D eigenvalue weighted by Gasteiger charge is 2.36. The molecule has 2 aromatic carbocycles. The number of unbranched alkanes of at least 4 members (excludes halogenated alkanes) is 1. The van der Waals surface area contributed by atoms with Gasteiger partial charge in [-0.1, -0.05) is 55.8 Å². The van der Waals surface area contributed by atoms with Gasteiger partial charge in [0.25, 0.3) is 5.91 Å². The Balaban J connectivity index is 1.45. The van der Waals surface area contributed by atoms with Crippen molar-refractivity contribution in [2.24, 2.45) is 5.92 Å². The largest absolute Gasteiger partial charge is 0.455 e. The third kappa shape index (κ3) is 5.92. The summed E-state index contributed by atoms with van der Waals surface area (Å²) in [5.74, 6) is -1.54. The minimum Gasteiger partial charge on any atom is -0.455 e. The van der Waals surface area contributed by atoms with Crippen molar-refractivity contribution in [2.75, 3.05) is 18.1 Å². The summed E-state index contributed by atoms with van der Waals surface area (Å²) in [6.07, 6.45) is 3.39. The summed E-state index contributed by atoms with van der Waals surface area (Å²) in [4.78, 5) is 38.3. The summed E-state index contributed by atoms with van der Waals surface area (Å²) >= 11 is 0. The minimum atomic E-state index is -0.556. The first-order chi connectivity index (χ1) is 14.6. The fourth-order valence-corrected chi connectivity index (χ4v) is 3.44. The first-order valence-corrected chi connectivity index (χ1v) is 10.4. The van der Waals surface area contributed by atoms with Gasteiger partial charge in [-0.15, -0.1) is 0 Å². The van der Waals surface area contributed by atoms with Gasteiger partial charge in [0.2, 0.25) is 5.91 Å². The van der Waals surface area contributed by atoms with Crippen LogP contribution >= 0.6 is 0 Å². The Morgan fingerprint density at radius 2 is 1.80 bits per heavy atom. The highest BCUT2D eigenvalue weighted by molar-refractivity contribution is 5.99. The monoisotopic (exact) mass is 408 g/mol. The Hall–Kier alpha value is -3.15. The number of carbonyl (C=O) groups is 3. The molecule has 6 heteroatoms. The van der Waals surface area contributed by atoms with Crippen molar-refractivity contribution in [1.29, 1.82) is 0 Å². The van der Waals surface area contributed by atoms with E-state index in [0.29, 0.717) is 6.54 Å². The van der Waals surface area contributed by atoms with Crippen molar-refractivity contribution in [3.8, 4) is 0 Å². The Kier molecular flexibility index (Phi) is 7.60. The predicted molar refractivity (Wildman–Crippen MR) is 115 cm³/mol. The molecule has 1 aliphatic heterocycles. The molecule has 0 saturated carbocycles. The summed E-state index contributed by atoms with van der Waals surface area (Å²) in [7, 11) is 0. The van der Waals surface area contributed by atoms with Gasteiger partial charge in [0.1, 0.15) is 0 Å². The Morgan fingerprint density at radius 1 is 1.07 bits per heavy atom. The molecule has 1 fully saturated rings. The van der Waals surface area contributed by atoms with Gasteiger partial charge in [0, 0.05) is 25.2 Å². The Morgan fingerprint density at radius 3 is 2.50 bits per heavy atom. The van der Waals surface area contributed by atoms with Gasteiger partial charge >= 0.3 is 5.97 Å². The van der Waals surface area contributed by atoms with Crippen LogP contribution in [0.1, 0.15) is 37.3 Å². The lowest BCUT2D eigenvalue weighted by Gasteiger charge is -2.17. The smallest absolute Gasteiger partial charge is 0.311 e. The maximum Gasteiger partial charge on any atom is 0.311 e. The fraction of sp³-hybridized carbons (Fsp3) is 0.375. The van der Waals surface area contributed by atoms with E-state index in [4.69, 9.17) is 4.74 Å². The lowest BCUT2D eigenvalue weighted by Crippen LogP contribution is -2.31. The number of carbonyl (C=O) groups excluding carboxylic acids is 3. The van der Waals surface area contributed by atoms with E-state index < -0.39 is 11.9 Å². The molecule has 6 nitrogen and oxygen atoms in total. The molecule has 1 aliphatic rings. The molecule has 0 radical (unpaired) electrons. The first-order valence-electron chi connectivity index (χ1n) is 10.4. The molecule has 0 unspecified atom stereocenters. The van der Waals surface area contributed by atoms with Crippen molar-refractivity contribution < 1.29 is 19.1 Å². The standard InChI is InChI=1S/C24H28N2O4/c1-2-3-7-18-10-12-21(13-11-18)26-16-20(14-23(26)28)24(29)30-17-22(27)25-15-19-8-5-4-6-9-19/h4-6,8-13,20H,2-3,7,14-17H2,1H3,(H,25,27)/t20-/m0/s1. The molecule has 2 amide bonds. The first kappa shape index (κ1) is 21.6. The second-order valence-electron chi connectivity index (χ2n) is 7.55. The number of amides is 2. The molecular weight excluding hydrogens is 380 g/mol. The van der Waals surface area contributed by atoms with Gasteiger partial charge in [-0.2, -0.15) is 0 Å². The summed E-state index contributed by atoms with van der Waals surface area (Å²) in [5, 5.41) is 2.71. The van der Waals surface area contributed by atoms with Gasteiger partial charge in [0.05, 0.1) is 5.92 Å². The molecule has 0 spiro atoms. The molecule has 3 rings (SSSR count). The minimum absolute atomic E-state index is 0.0993. The summed E-state index contributed by atoms with van der Waals surface area (Å²) in [5.41, 5.74) is 3.00. The van der Waals surface area contributed by atoms with Crippen LogP contribution in [-0.4, -0.2) is 30.9 Å². The van der Waals surface area contributed by atoms with Crippen LogP contribution in [0.15, 0.2) is 54.6 Å². The zero-order valence-electron chi connectivity index (χ0n) is 17.3. The lowest BCUT2D eigenvalue weighted by atomic mass is 10.1. The molecule has 1 N–H and O–H groups in total. The number of hydrogen-bond donors (Lipinski definition) is 1. The fourth-order valence-electron chi connectivity index (χ4n) is 3.44. The maximum absolute atomic E-state index is 12.4. The number of aryl methyl sites for hydroxylation is 1. The number of anilines is 1. The van der Waals surface area contributed by atoms with Crippen molar-refractivity contribution in [2.45, 2.75) is 39.2 Å². The molecule has 1 saturated heterocycles. The van der Waals surface area contributed by atoms with Crippen molar-refractivity contribution >= 4 is 23.5 Å². The predicted octanol–water partition coefficient (Wildman–Crippen LogP) is 3.24. The second kappa shape index (κ2) is 10.6. The van der Waals surface area contributed by atoms with E-state index in [-0.39, 0.29) is 31.4 Å². The van der Waals surface area contributed by atoms with E-state index in [1.54, 1.807) is 4.90 Å². The van der Waals surface area contributed by atoms with Crippen LogP contribution in [0.5, 0.6) is 0 Å². The molecule has 158 valence electrons. The average Bonchev–Trinajstić information content (AvgIpc) is 3.17. The normalized spacial score (nSPS) is 15.8. The molecule has 30 heavy (non-hydrogen) atoms. The Bertz CT molecular complexity index is 865. The number of nitrogens with zero attached hydrogens (tertiary/aromatic N) is 1. The van der Waals surface area contributed by atoms with Crippen LogP contribution in [-0.2, 0) is 32.1 Å². The van der Waals surface area contributed by atoms with E-state index in [0.717, 1.165) is 30.5 Å². The maximum atomic E-state index is 12.4. The van der Waals surface area contributed by atoms with Crippen LogP contribution in [0.3, 0.4) is 0 Å². The van der Waals surface area contributed by atoms with E-state index >= 15 is 0 Å². The molecule has 1 heterocycles. The number of nitrogens with one attached hydrogen (secondary N) is 1. The van der Waals surface area contributed by atoms with Gasteiger partial charge in [0.15, 0.2) is 6.61 Å². The average molecular weight is 408 g/mol. The SMILES string of the molecule is CCCCc1ccc(N2C[C@@H](C(=O)OCC(=O)NCc3ccccc3)CC2=O)cc1. The number of rotatable bonds is 9. The zero-order valence-corrected chi connectivity index (χ0v) is 17.3. The number of hydrogen-bond acceptors (Lipinski definition) is 4. The van der Waals surface area contributed by atoms with Crippen LogP contribution in [0.4, 0.5) is 5.69 Å². The van der Waals surface area contributed by atoms with Crippen LogP contribution in [0.25, 0.3) is 0 Å². The van der Waals surface area contributed by atoms with Crippen molar-refractivity contribution in [3.63, 3.8) is 0 Å². The van der Waals surface area contributed by atoms with E-state index in [9.17, 15) is 14.4 Å². The van der Waals surface area contributed by atoms with Crippen molar-refractivity contribution in [3.05, 3.63) is 65.7 Å². The van der Waals surface area contributed by atoms with Gasteiger partial charge in [-0.05, 0) is 36.1 Å². The van der Waals surface area contributed by atoms with Crippen LogP contribution in [0.2, 0.25) is 0 Å². The summed E-state index contributed by atoms with van der Waals surface area (Å²) in [6.45, 7) is 2.46. The third-order valence-corrected chi connectivity index (χ3v) is 5.20. The van der Waals surface area contributed by atoms with Gasteiger partial charge in [-0.3, -0.25) is 14.4 Å². The quantitative estimate of drug-likeness (QED) is 0.647. The van der Waals surface area contributed by atoms with Gasteiger partial charge in [-0.25, -0.2) is 0 Å².